The number of hydrogen-bond acceptors (Lipinski definition) is 2. The predicted molar refractivity (Wildman–Crippen MR) is 72.4 cm³/mol. The van der Waals surface area contributed by atoms with Gasteiger partial charge in [0.2, 0.25) is 0 Å². The molecule has 0 spiro atoms. The SMILES string of the molecule is CCN1c2ccccc2CC1N1CCCCC1. The number of rotatable bonds is 2. The zero-order valence-electron chi connectivity index (χ0n) is 10.7. The van der Waals surface area contributed by atoms with E-state index in [1.807, 2.05) is 0 Å². The molecule has 1 saturated heterocycles. The van der Waals surface area contributed by atoms with E-state index < -0.39 is 0 Å². The molecule has 0 radical (unpaired) electrons. The van der Waals surface area contributed by atoms with Crippen molar-refractivity contribution in [1.82, 2.24) is 4.90 Å². The third-order valence-corrected chi connectivity index (χ3v) is 4.22. The summed E-state index contributed by atoms with van der Waals surface area (Å²) in [4.78, 5) is 5.27. The number of fused-ring (bicyclic) bond motifs is 1. The van der Waals surface area contributed by atoms with E-state index >= 15 is 0 Å². The van der Waals surface area contributed by atoms with Crippen LogP contribution in [0.25, 0.3) is 0 Å². The Morgan fingerprint density at radius 3 is 2.65 bits per heavy atom. The number of piperidine rings is 1. The van der Waals surface area contributed by atoms with Crippen molar-refractivity contribution in [3.63, 3.8) is 0 Å². The summed E-state index contributed by atoms with van der Waals surface area (Å²) in [5.74, 6) is 0. The Morgan fingerprint density at radius 2 is 1.88 bits per heavy atom. The number of anilines is 1. The topological polar surface area (TPSA) is 6.48 Å². The number of likely N-dealkylation sites (N-methyl/N-ethyl adjacent to an activating group) is 1. The lowest BCUT2D eigenvalue weighted by atomic mass is 10.1. The Hall–Kier alpha value is -1.02. The van der Waals surface area contributed by atoms with Gasteiger partial charge in [0, 0.05) is 31.7 Å². The van der Waals surface area contributed by atoms with Crippen LogP contribution in [-0.2, 0) is 6.42 Å². The van der Waals surface area contributed by atoms with E-state index in [1.165, 1.54) is 50.0 Å². The molecule has 0 saturated carbocycles. The Bertz CT molecular complexity index is 382. The van der Waals surface area contributed by atoms with E-state index in [0.29, 0.717) is 6.17 Å². The zero-order valence-corrected chi connectivity index (χ0v) is 10.7. The van der Waals surface area contributed by atoms with Gasteiger partial charge < -0.3 is 4.90 Å². The highest BCUT2D eigenvalue weighted by atomic mass is 15.4. The Morgan fingerprint density at radius 1 is 1.12 bits per heavy atom. The number of nitrogens with zero attached hydrogens (tertiary/aromatic N) is 2. The fourth-order valence-corrected chi connectivity index (χ4v) is 3.35. The largest absolute Gasteiger partial charge is 0.355 e. The van der Waals surface area contributed by atoms with Crippen molar-refractivity contribution in [2.24, 2.45) is 0 Å². The average Bonchev–Trinajstić information content (AvgIpc) is 2.78. The number of likely N-dealkylation sites (tertiary alicyclic amines) is 1. The highest BCUT2D eigenvalue weighted by Crippen LogP contribution is 2.33. The van der Waals surface area contributed by atoms with E-state index in [0.717, 1.165) is 6.54 Å². The highest BCUT2D eigenvalue weighted by Gasteiger charge is 2.32. The lowest BCUT2D eigenvalue weighted by Gasteiger charge is -2.38. The van der Waals surface area contributed by atoms with Crippen molar-refractivity contribution in [1.29, 1.82) is 0 Å². The fourth-order valence-electron chi connectivity index (χ4n) is 3.35. The molecule has 0 N–H and O–H groups in total. The van der Waals surface area contributed by atoms with Crippen molar-refractivity contribution in [3.05, 3.63) is 29.8 Å². The molecule has 1 fully saturated rings. The van der Waals surface area contributed by atoms with Crippen LogP contribution < -0.4 is 4.90 Å². The molecule has 2 aliphatic rings. The summed E-state index contributed by atoms with van der Waals surface area (Å²) < 4.78 is 0. The van der Waals surface area contributed by atoms with Crippen LogP contribution in [-0.4, -0.2) is 30.7 Å². The summed E-state index contributed by atoms with van der Waals surface area (Å²) in [6.45, 7) is 5.97. The Balaban J connectivity index is 1.83. The second-order valence-electron chi connectivity index (χ2n) is 5.20. The smallest absolute Gasteiger partial charge is 0.0862 e. The van der Waals surface area contributed by atoms with Gasteiger partial charge in [0.25, 0.3) is 0 Å². The number of benzene rings is 1. The Kier molecular flexibility index (Phi) is 3.06. The maximum atomic E-state index is 2.69. The third-order valence-electron chi connectivity index (χ3n) is 4.22. The first-order valence-corrected chi connectivity index (χ1v) is 6.98. The Labute approximate surface area is 104 Å². The monoisotopic (exact) mass is 230 g/mol. The van der Waals surface area contributed by atoms with Gasteiger partial charge >= 0.3 is 0 Å². The van der Waals surface area contributed by atoms with E-state index in [2.05, 4.69) is 41.0 Å². The van der Waals surface area contributed by atoms with Crippen molar-refractivity contribution < 1.29 is 0 Å². The molecule has 2 nitrogen and oxygen atoms in total. The molecule has 2 heterocycles. The van der Waals surface area contributed by atoms with Gasteiger partial charge in [-0.3, -0.25) is 4.90 Å². The van der Waals surface area contributed by atoms with Gasteiger partial charge in [0.1, 0.15) is 0 Å². The van der Waals surface area contributed by atoms with Crippen LogP contribution >= 0.6 is 0 Å². The first-order valence-electron chi connectivity index (χ1n) is 6.98. The molecule has 17 heavy (non-hydrogen) atoms. The van der Waals surface area contributed by atoms with Crippen LogP contribution in [0.15, 0.2) is 24.3 Å². The van der Waals surface area contributed by atoms with Crippen LogP contribution in [0, 0.1) is 0 Å². The second kappa shape index (κ2) is 4.69. The molecule has 2 heteroatoms. The molecule has 0 amide bonds. The van der Waals surface area contributed by atoms with Gasteiger partial charge in [-0.2, -0.15) is 0 Å². The summed E-state index contributed by atoms with van der Waals surface area (Å²) in [7, 11) is 0. The quantitative estimate of drug-likeness (QED) is 0.771. The van der Waals surface area contributed by atoms with Crippen molar-refractivity contribution in [3.8, 4) is 0 Å². The highest BCUT2D eigenvalue weighted by molar-refractivity contribution is 5.59. The summed E-state index contributed by atoms with van der Waals surface area (Å²) in [6, 6.07) is 8.91. The van der Waals surface area contributed by atoms with Crippen molar-refractivity contribution in [2.75, 3.05) is 24.5 Å². The van der Waals surface area contributed by atoms with E-state index in [-0.39, 0.29) is 0 Å². The van der Waals surface area contributed by atoms with Gasteiger partial charge in [-0.15, -0.1) is 0 Å². The van der Waals surface area contributed by atoms with Crippen molar-refractivity contribution >= 4 is 5.69 Å². The molecule has 1 unspecified atom stereocenters. The molecular weight excluding hydrogens is 208 g/mol. The second-order valence-corrected chi connectivity index (χ2v) is 5.20. The summed E-state index contributed by atoms with van der Waals surface area (Å²) in [5.41, 5.74) is 3.00. The van der Waals surface area contributed by atoms with Gasteiger partial charge in [0.15, 0.2) is 0 Å². The minimum Gasteiger partial charge on any atom is -0.355 e. The number of hydrogen-bond donors (Lipinski definition) is 0. The molecule has 0 bridgehead atoms. The van der Waals surface area contributed by atoms with Crippen LogP contribution in [0.3, 0.4) is 0 Å². The molecule has 1 aromatic rings. The standard InChI is InChI=1S/C15H22N2/c1-2-17-14-9-5-4-8-13(14)12-15(17)16-10-6-3-7-11-16/h4-5,8-9,15H,2-3,6-7,10-12H2,1H3. The first kappa shape index (κ1) is 11.1. The fraction of sp³-hybridized carbons (Fsp3) is 0.600. The normalized spacial score (nSPS) is 25.0. The minimum atomic E-state index is 0.623. The van der Waals surface area contributed by atoms with Gasteiger partial charge in [0.05, 0.1) is 6.17 Å². The average molecular weight is 230 g/mol. The van der Waals surface area contributed by atoms with Gasteiger partial charge in [-0.1, -0.05) is 24.6 Å². The molecule has 1 atom stereocenters. The molecule has 1 aromatic carbocycles. The lowest BCUT2D eigenvalue weighted by molar-refractivity contribution is 0.164. The maximum absolute atomic E-state index is 2.69. The maximum Gasteiger partial charge on any atom is 0.0862 e. The van der Waals surface area contributed by atoms with Crippen LogP contribution in [0.4, 0.5) is 5.69 Å². The van der Waals surface area contributed by atoms with Gasteiger partial charge in [-0.05, 0) is 31.4 Å². The molecule has 0 aromatic heterocycles. The minimum absolute atomic E-state index is 0.623. The molecule has 0 aliphatic carbocycles. The summed E-state index contributed by atoms with van der Waals surface area (Å²) in [6.07, 6.45) is 6.01. The van der Waals surface area contributed by atoms with Gasteiger partial charge in [-0.25, -0.2) is 0 Å². The molecule has 3 rings (SSSR count). The van der Waals surface area contributed by atoms with E-state index in [9.17, 15) is 0 Å². The summed E-state index contributed by atoms with van der Waals surface area (Å²) in [5, 5.41) is 0. The molecular formula is C15H22N2. The summed E-state index contributed by atoms with van der Waals surface area (Å²) >= 11 is 0. The molecule has 2 aliphatic heterocycles. The van der Waals surface area contributed by atoms with E-state index in [4.69, 9.17) is 0 Å². The number of para-hydroxylation sites is 1. The lowest BCUT2D eigenvalue weighted by Crippen LogP contribution is -2.48. The first-order chi connectivity index (χ1) is 8.40. The van der Waals surface area contributed by atoms with Crippen molar-refractivity contribution in [2.45, 2.75) is 38.8 Å². The van der Waals surface area contributed by atoms with E-state index in [1.54, 1.807) is 0 Å². The predicted octanol–water partition coefficient (Wildman–Crippen LogP) is 2.88. The van der Waals surface area contributed by atoms with Crippen LogP contribution in [0.1, 0.15) is 31.7 Å². The third kappa shape index (κ3) is 1.95. The van der Waals surface area contributed by atoms with Crippen LogP contribution in [0.2, 0.25) is 0 Å². The van der Waals surface area contributed by atoms with Crippen LogP contribution in [0.5, 0.6) is 0 Å². The molecule has 92 valence electrons. The zero-order chi connectivity index (χ0) is 11.7.